The molecule has 0 aromatic carbocycles. The zero-order chi connectivity index (χ0) is 20.8. The number of amides is 1. The summed E-state index contributed by atoms with van der Waals surface area (Å²) in [5, 5.41) is 9.02. The summed E-state index contributed by atoms with van der Waals surface area (Å²) in [5.41, 5.74) is -0.380. The summed E-state index contributed by atoms with van der Waals surface area (Å²) < 4.78 is 5.47. The van der Waals surface area contributed by atoms with Crippen LogP contribution in [0.5, 0.6) is 0 Å². The van der Waals surface area contributed by atoms with Crippen LogP contribution >= 0.6 is 35.3 Å². The lowest BCUT2D eigenvalue weighted by Gasteiger charge is -2.33. The van der Waals surface area contributed by atoms with Crippen LogP contribution in [0.25, 0.3) is 0 Å². The molecule has 1 amide bonds. The van der Waals surface area contributed by atoms with Gasteiger partial charge in [-0.25, -0.2) is 4.79 Å². The zero-order valence-electron chi connectivity index (χ0n) is 18.6. The Balaban J connectivity index is 0.00000420. The van der Waals surface area contributed by atoms with E-state index >= 15 is 0 Å². The van der Waals surface area contributed by atoms with Crippen molar-refractivity contribution in [3.05, 3.63) is 22.4 Å². The van der Waals surface area contributed by atoms with Crippen molar-refractivity contribution in [2.45, 2.75) is 58.5 Å². The molecule has 1 fully saturated rings. The first kappa shape index (κ1) is 26.0. The Morgan fingerprint density at radius 2 is 1.90 bits per heavy atom. The summed E-state index contributed by atoms with van der Waals surface area (Å²) in [6.45, 7) is 13.4. The predicted molar refractivity (Wildman–Crippen MR) is 133 cm³/mol. The topological polar surface area (TPSA) is 66.0 Å². The van der Waals surface area contributed by atoms with Gasteiger partial charge in [-0.1, -0.05) is 19.9 Å². The minimum atomic E-state index is -0.440. The molecular weight excluding hydrogens is 499 g/mol. The highest BCUT2D eigenvalue weighted by Crippen LogP contribution is 2.26. The van der Waals surface area contributed by atoms with Gasteiger partial charge in [0.25, 0.3) is 0 Å². The molecule has 0 unspecified atom stereocenters. The molecule has 0 saturated carbocycles. The van der Waals surface area contributed by atoms with Gasteiger partial charge in [0, 0.05) is 43.5 Å². The first-order chi connectivity index (χ1) is 13.1. The third-order valence-corrected chi connectivity index (χ3v) is 6.17. The number of ether oxygens (including phenoxy) is 1. The van der Waals surface area contributed by atoms with Crippen LogP contribution in [0.3, 0.4) is 0 Å². The Hall–Kier alpha value is -1.03. The Bertz CT molecular complexity index is 648. The fourth-order valence-electron chi connectivity index (χ4n) is 3.16. The van der Waals surface area contributed by atoms with Crippen LogP contribution < -0.4 is 10.6 Å². The van der Waals surface area contributed by atoms with E-state index in [1.165, 1.54) is 4.88 Å². The molecule has 2 heterocycles. The van der Waals surface area contributed by atoms with E-state index in [0.29, 0.717) is 5.92 Å². The van der Waals surface area contributed by atoms with Crippen molar-refractivity contribution < 1.29 is 9.53 Å². The van der Waals surface area contributed by atoms with E-state index in [1.54, 1.807) is 18.4 Å². The maximum absolute atomic E-state index is 12.2. The summed E-state index contributed by atoms with van der Waals surface area (Å²) >= 11 is 1.79. The number of carbonyl (C=O) groups is 1. The smallest absolute Gasteiger partial charge is 0.410 e. The number of aliphatic imine (C=N–C) groups is 1. The van der Waals surface area contributed by atoms with Crippen LogP contribution in [0.15, 0.2) is 22.5 Å². The largest absolute Gasteiger partial charge is 0.444 e. The molecule has 2 rings (SSSR count). The lowest BCUT2D eigenvalue weighted by molar-refractivity contribution is 0.0185. The SMILES string of the molecule is CN=C(NCC1CCN(C(=O)OC(C)(C)C)CC1)NCC(C)(C)c1cccs1.I. The van der Waals surface area contributed by atoms with Crippen molar-refractivity contribution in [2.24, 2.45) is 10.9 Å². The molecule has 2 N–H and O–H groups in total. The molecule has 1 aromatic rings. The number of thiophene rings is 1. The van der Waals surface area contributed by atoms with Crippen molar-refractivity contribution in [1.82, 2.24) is 15.5 Å². The Morgan fingerprint density at radius 1 is 1.24 bits per heavy atom. The molecule has 1 aromatic heterocycles. The molecule has 0 aliphatic carbocycles. The van der Waals surface area contributed by atoms with Gasteiger partial charge in [0.15, 0.2) is 5.96 Å². The normalized spacial score (nSPS) is 16.2. The lowest BCUT2D eigenvalue weighted by atomic mass is 9.91. The molecule has 6 nitrogen and oxygen atoms in total. The van der Waals surface area contributed by atoms with Crippen LogP contribution in [0.1, 0.15) is 52.3 Å². The monoisotopic (exact) mass is 536 g/mol. The van der Waals surface area contributed by atoms with E-state index in [2.05, 4.69) is 47.0 Å². The predicted octanol–water partition coefficient (Wildman–Crippen LogP) is 4.46. The molecule has 0 bridgehead atoms. The molecule has 29 heavy (non-hydrogen) atoms. The average molecular weight is 537 g/mol. The molecule has 0 atom stereocenters. The fraction of sp³-hybridized carbons (Fsp3) is 0.714. The standard InChI is InChI=1S/C21H36N4O2S.HI/c1-20(2,3)27-19(26)25-11-9-16(10-12-25)14-23-18(22-6)24-15-21(4,5)17-8-7-13-28-17;/h7-8,13,16H,9-12,14-15H2,1-6H3,(H2,22,23,24);1H. The van der Waals surface area contributed by atoms with Crippen molar-refractivity contribution in [2.75, 3.05) is 33.2 Å². The van der Waals surface area contributed by atoms with Gasteiger partial charge in [-0.3, -0.25) is 4.99 Å². The quantitative estimate of drug-likeness (QED) is 0.332. The summed E-state index contributed by atoms with van der Waals surface area (Å²) in [7, 11) is 1.80. The van der Waals surface area contributed by atoms with E-state index in [4.69, 9.17) is 4.74 Å². The van der Waals surface area contributed by atoms with Gasteiger partial charge in [0.1, 0.15) is 5.60 Å². The molecule has 1 aliphatic heterocycles. The van der Waals surface area contributed by atoms with Crippen LogP contribution in [0.2, 0.25) is 0 Å². The molecule has 1 aliphatic rings. The number of hydrogen-bond acceptors (Lipinski definition) is 4. The highest BCUT2D eigenvalue weighted by molar-refractivity contribution is 14.0. The highest BCUT2D eigenvalue weighted by atomic mass is 127. The van der Waals surface area contributed by atoms with Gasteiger partial charge in [0.05, 0.1) is 0 Å². The van der Waals surface area contributed by atoms with Crippen LogP contribution in [-0.2, 0) is 10.2 Å². The number of nitrogens with zero attached hydrogens (tertiary/aromatic N) is 2. The van der Waals surface area contributed by atoms with Gasteiger partial charge in [-0.15, -0.1) is 35.3 Å². The number of piperidine rings is 1. The van der Waals surface area contributed by atoms with Crippen molar-refractivity contribution in [3.63, 3.8) is 0 Å². The minimum Gasteiger partial charge on any atom is -0.444 e. The third kappa shape index (κ3) is 8.70. The Morgan fingerprint density at radius 3 is 2.41 bits per heavy atom. The molecule has 166 valence electrons. The van der Waals surface area contributed by atoms with Gasteiger partial charge in [0.2, 0.25) is 0 Å². The van der Waals surface area contributed by atoms with Crippen LogP contribution in [0.4, 0.5) is 4.79 Å². The Kier molecular flexibility index (Phi) is 10.2. The first-order valence-corrected chi connectivity index (χ1v) is 10.9. The number of nitrogens with one attached hydrogen (secondary N) is 2. The summed E-state index contributed by atoms with van der Waals surface area (Å²) in [6, 6.07) is 4.28. The third-order valence-electron chi connectivity index (χ3n) is 4.93. The van der Waals surface area contributed by atoms with Crippen molar-refractivity contribution in [3.8, 4) is 0 Å². The minimum absolute atomic E-state index is 0. The number of halogens is 1. The van der Waals surface area contributed by atoms with Crippen molar-refractivity contribution in [1.29, 1.82) is 0 Å². The molecule has 8 heteroatoms. The summed E-state index contributed by atoms with van der Waals surface area (Å²) in [6.07, 6.45) is 1.75. The van der Waals surface area contributed by atoms with E-state index < -0.39 is 5.60 Å². The second-order valence-corrected chi connectivity index (χ2v) is 10.0. The fourth-order valence-corrected chi connectivity index (χ4v) is 4.02. The molecule has 1 saturated heterocycles. The Labute approximate surface area is 196 Å². The number of guanidine groups is 1. The highest BCUT2D eigenvalue weighted by Gasteiger charge is 2.27. The van der Waals surface area contributed by atoms with Crippen LogP contribution in [0, 0.1) is 5.92 Å². The maximum Gasteiger partial charge on any atom is 0.410 e. The molecule has 0 spiro atoms. The molecular formula is C21H37IN4O2S. The zero-order valence-corrected chi connectivity index (χ0v) is 21.7. The second kappa shape index (κ2) is 11.4. The molecule has 0 radical (unpaired) electrons. The number of hydrogen-bond donors (Lipinski definition) is 2. The number of likely N-dealkylation sites (tertiary alicyclic amines) is 1. The van der Waals surface area contributed by atoms with E-state index in [1.807, 2.05) is 25.7 Å². The number of carbonyl (C=O) groups excluding carboxylic acids is 1. The van der Waals surface area contributed by atoms with Gasteiger partial charge >= 0.3 is 6.09 Å². The van der Waals surface area contributed by atoms with Gasteiger partial charge in [-0.2, -0.15) is 0 Å². The summed E-state index contributed by atoms with van der Waals surface area (Å²) in [4.78, 5) is 19.7. The lowest BCUT2D eigenvalue weighted by Crippen LogP contribution is -2.47. The van der Waals surface area contributed by atoms with Gasteiger partial charge < -0.3 is 20.3 Å². The van der Waals surface area contributed by atoms with E-state index in [0.717, 1.165) is 45.0 Å². The summed E-state index contributed by atoms with van der Waals surface area (Å²) in [5.74, 6) is 1.36. The average Bonchev–Trinajstić information content (AvgIpc) is 3.16. The van der Waals surface area contributed by atoms with E-state index in [-0.39, 0.29) is 35.5 Å². The van der Waals surface area contributed by atoms with Crippen LogP contribution in [-0.4, -0.2) is 55.8 Å². The number of rotatable bonds is 5. The van der Waals surface area contributed by atoms with E-state index in [9.17, 15) is 4.79 Å². The maximum atomic E-state index is 12.2. The second-order valence-electron chi connectivity index (χ2n) is 9.08. The van der Waals surface area contributed by atoms with Gasteiger partial charge in [-0.05, 0) is 51.0 Å². The first-order valence-electron chi connectivity index (χ1n) is 10.1. The van der Waals surface area contributed by atoms with Crippen molar-refractivity contribution >= 4 is 47.4 Å².